The van der Waals surface area contributed by atoms with Gasteiger partial charge >= 0.3 is 0 Å². The van der Waals surface area contributed by atoms with Crippen molar-refractivity contribution in [3.05, 3.63) is 35.7 Å². The zero-order valence-electron chi connectivity index (χ0n) is 13.7. The van der Waals surface area contributed by atoms with Crippen LogP contribution in [0, 0.1) is 13.8 Å². The fourth-order valence-electron chi connectivity index (χ4n) is 2.04. The predicted octanol–water partition coefficient (Wildman–Crippen LogP) is 2.29. The molecule has 0 fully saturated rings. The molecule has 2 aromatic rings. The smallest absolute Gasteiger partial charge is 0.269 e. The summed E-state index contributed by atoms with van der Waals surface area (Å²) >= 11 is 1.25. The molecule has 1 N–H and O–H groups in total. The van der Waals surface area contributed by atoms with E-state index in [1.807, 2.05) is 0 Å². The largest absolute Gasteiger partial charge is 0.497 e. The number of nitrogens with one attached hydrogen (secondary N) is 1. The summed E-state index contributed by atoms with van der Waals surface area (Å²) in [5.41, 5.74) is 0.211. The van der Waals surface area contributed by atoms with Crippen molar-refractivity contribution in [1.82, 2.24) is 9.88 Å². The van der Waals surface area contributed by atoms with Crippen molar-refractivity contribution in [3.63, 3.8) is 0 Å². The number of carbonyl (C=O) groups excluding carboxylic acids is 1. The topological polar surface area (TPSA) is 98.5 Å². The van der Waals surface area contributed by atoms with E-state index in [1.165, 1.54) is 25.6 Å². The molecule has 0 aliphatic carbocycles. The second-order valence-corrected chi connectivity index (χ2v) is 8.09. The van der Waals surface area contributed by atoms with Crippen molar-refractivity contribution in [2.24, 2.45) is 0 Å². The Kier molecular flexibility index (Phi) is 5.55. The highest BCUT2D eigenvalue weighted by molar-refractivity contribution is 8.00. The Hall–Kier alpha value is -2.00. The Morgan fingerprint density at radius 3 is 2.42 bits per heavy atom. The molecule has 0 spiro atoms. The van der Waals surface area contributed by atoms with E-state index in [2.05, 4.69) is 9.88 Å². The molecule has 0 bridgehead atoms. The van der Waals surface area contributed by atoms with E-state index in [9.17, 15) is 13.2 Å². The van der Waals surface area contributed by atoms with Crippen LogP contribution in [-0.4, -0.2) is 31.8 Å². The van der Waals surface area contributed by atoms with E-state index in [0.29, 0.717) is 5.75 Å². The Bertz CT molecular complexity index is 809. The molecule has 0 aliphatic rings. The first-order chi connectivity index (χ1) is 11.2. The van der Waals surface area contributed by atoms with Crippen molar-refractivity contribution < 1.29 is 22.5 Å². The number of sulfonamides is 1. The maximum atomic E-state index is 12.3. The molecule has 0 aliphatic heterocycles. The number of aryl methyl sites for hydroxylation is 2. The summed E-state index contributed by atoms with van der Waals surface area (Å²) in [6.45, 7) is 4.62. The maximum Gasteiger partial charge on any atom is 0.269 e. The minimum absolute atomic E-state index is 0.0995. The highest BCUT2D eigenvalue weighted by Gasteiger charge is 2.28. The van der Waals surface area contributed by atoms with Crippen LogP contribution in [0.1, 0.15) is 18.4 Å². The van der Waals surface area contributed by atoms with Gasteiger partial charge in [0.25, 0.3) is 10.0 Å². The standard InChI is InChI=1S/C15H18N2O5S2/c1-9-14(10(2)22-16-9)24(19,20)17-15(18)11(3)23-13-7-5-12(21-4)6-8-13/h5-8,11H,1-4H3,(H,17,18). The lowest BCUT2D eigenvalue weighted by Gasteiger charge is -2.12. The summed E-state index contributed by atoms with van der Waals surface area (Å²) in [6.07, 6.45) is 0. The van der Waals surface area contributed by atoms with Gasteiger partial charge in [-0.05, 0) is 45.0 Å². The van der Waals surface area contributed by atoms with Crippen LogP contribution in [0.25, 0.3) is 0 Å². The van der Waals surface area contributed by atoms with Crippen molar-refractivity contribution >= 4 is 27.7 Å². The van der Waals surface area contributed by atoms with E-state index >= 15 is 0 Å². The summed E-state index contributed by atoms with van der Waals surface area (Å²) in [5, 5.41) is 2.99. The lowest BCUT2D eigenvalue weighted by atomic mass is 10.3. The summed E-state index contributed by atoms with van der Waals surface area (Å²) in [6, 6.07) is 7.15. The van der Waals surface area contributed by atoms with Crippen molar-refractivity contribution in [1.29, 1.82) is 0 Å². The monoisotopic (exact) mass is 370 g/mol. The molecule has 1 unspecified atom stereocenters. The van der Waals surface area contributed by atoms with Gasteiger partial charge in [-0.15, -0.1) is 11.8 Å². The molecule has 1 aromatic carbocycles. The molecule has 0 saturated heterocycles. The van der Waals surface area contributed by atoms with Gasteiger partial charge in [0, 0.05) is 4.90 Å². The molecule has 7 nitrogen and oxygen atoms in total. The fourth-order valence-corrected chi connectivity index (χ4v) is 4.36. The third kappa shape index (κ3) is 4.09. The Morgan fingerprint density at radius 1 is 1.29 bits per heavy atom. The molecular formula is C15H18N2O5S2. The van der Waals surface area contributed by atoms with Gasteiger partial charge in [-0.25, -0.2) is 13.1 Å². The van der Waals surface area contributed by atoms with E-state index < -0.39 is 21.2 Å². The summed E-state index contributed by atoms with van der Waals surface area (Å²) in [7, 11) is -2.45. The van der Waals surface area contributed by atoms with Gasteiger partial charge in [-0.3, -0.25) is 4.79 Å². The molecule has 9 heteroatoms. The average Bonchev–Trinajstić information content (AvgIpc) is 2.87. The normalized spacial score (nSPS) is 12.7. The molecule has 1 atom stereocenters. The van der Waals surface area contributed by atoms with Gasteiger partial charge in [0.05, 0.1) is 12.4 Å². The summed E-state index contributed by atoms with van der Waals surface area (Å²) in [4.78, 5) is 12.9. The Balaban J connectivity index is 2.08. The van der Waals surface area contributed by atoms with Crippen molar-refractivity contribution in [3.8, 4) is 5.75 Å². The predicted molar refractivity (Wildman–Crippen MR) is 89.6 cm³/mol. The summed E-state index contributed by atoms with van der Waals surface area (Å²) in [5.74, 6) is 0.233. The van der Waals surface area contributed by atoms with Crippen LogP contribution >= 0.6 is 11.8 Å². The second-order valence-electron chi connectivity index (χ2n) is 5.06. The van der Waals surface area contributed by atoms with E-state index in [-0.39, 0.29) is 16.3 Å². The first-order valence-corrected chi connectivity index (χ1v) is 9.41. The lowest BCUT2D eigenvalue weighted by molar-refractivity contribution is -0.118. The van der Waals surface area contributed by atoms with Gasteiger partial charge in [-0.1, -0.05) is 5.16 Å². The van der Waals surface area contributed by atoms with Gasteiger partial charge in [-0.2, -0.15) is 0 Å². The van der Waals surface area contributed by atoms with Gasteiger partial charge in [0.15, 0.2) is 10.7 Å². The summed E-state index contributed by atoms with van der Waals surface area (Å²) < 4.78 is 36.6. The number of nitrogens with zero attached hydrogens (tertiary/aromatic N) is 1. The fraction of sp³-hybridized carbons (Fsp3) is 0.333. The van der Waals surface area contributed by atoms with Crippen molar-refractivity contribution in [2.45, 2.75) is 35.8 Å². The Labute approximate surface area is 144 Å². The number of methoxy groups -OCH3 is 1. The maximum absolute atomic E-state index is 12.3. The van der Waals surface area contributed by atoms with Crippen LogP contribution in [0.5, 0.6) is 5.75 Å². The zero-order valence-corrected chi connectivity index (χ0v) is 15.3. The van der Waals surface area contributed by atoms with Crippen LogP contribution < -0.4 is 9.46 Å². The van der Waals surface area contributed by atoms with E-state index in [4.69, 9.17) is 9.26 Å². The molecule has 24 heavy (non-hydrogen) atoms. The number of benzene rings is 1. The van der Waals surface area contributed by atoms with Crippen molar-refractivity contribution in [2.75, 3.05) is 7.11 Å². The van der Waals surface area contributed by atoms with E-state index in [1.54, 1.807) is 38.3 Å². The lowest BCUT2D eigenvalue weighted by Crippen LogP contribution is -2.36. The molecule has 2 rings (SSSR count). The average molecular weight is 370 g/mol. The van der Waals surface area contributed by atoms with Crippen LogP contribution in [0.2, 0.25) is 0 Å². The van der Waals surface area contributed by atoms with Gasteiger partial charge < -0.3 is 9.26 Å². The number of hydrogen-bond donors (Lipinski definition) is 1. The minimum atomic E-state index is -4.01. The quantitative estimate of drug-likeness (QED) is 0.779. The molecule has 1 heterocycles. The number of thioether (sulfide) groups is 1. The molecule has 1 aromatic heterocycles. The first kappa shape index (κ1) is 18.3. The number of amides is 1. The molecule has 0 radical (unpaired) electrons. The minimum Gasteiger partial charge on any atom is -0.497 e. The molecule has 130 valence electrons. The van der Waals surface area contributed by atoms with Crippen LogP contribution in [0.3, 0.4) is 0 Å². The molecular weight excluding hydrogens is 352 g/mol. The van der Waals surface area contributed by atoms with E-state index in [0.717, 1.165) is 4.90 Å². The first-order valence-electron chi connectivity index (χ1n) is 7.05. The number of ether oxygens (including phenoxy) is 1. The van der Waals surface area contributed by atoms with Gasteiger partial charge in [0.2, 0.25) is 5.91 Å². The number of rotatable bonds is 6. The molecule has 1 amide bonds. The van der Waals surface area contributed by atoms with Gasteiger partial charge in [0.1, 0.15) is 11.4 Å². The number of aromatic nitrogens is 1. The third-order valence-electron chi connectivity index (χ3n) is 3.21. The van der Waals surface area contributed by atoms with Crippen LogP contribution in [-0.2, 0) is 14.8 Å². The zero-order chi connectivity index (χ0) is 17.9. The third-order valence-corrected chi connectivity index (χ3v) is 5.92. The number of hydrogen-bond acceptors (Lipinski definition) is 7. The number of carbonyl (C=O) groups is 1. The SMILES string of the molecule is COc1ccc(SC(C)C(=O)NS(=O)(=O)c2c(C)noc2C)cc1. The highest BCUT2D eigenvalue weighted by atomic mass is 32.2. The van der Waals surface area contributed by atoms with Crippen LogP contribution in [0.4, 0.5) is 0 Å². The highest BCUT2D eigenvalue weighted by Crippen LogP contribution is 2.26. The Morgan fingerprint density at radius 2 is 1.92 bits per heavy atom. The molecule has 0 saturated carbocycles. The van der Waals surface area contributed by atoms with Crippen LogP contribution in [0.15, 0.2) is 38.6 Å². The second kappa shape index (κ2) is 7.27.